The molecule has 0 heterocycles. The molecule has 0 aromatic carbocycles. The van der Waals surface area contributed by atoms with Crippen LogP contribution in [0.3, 0.4) is 0 Å². The van der Waals surface area contributed by atoms with Crippen LogP contribution in [0, 0.1) is 0 Å². The molecule has 0 atom stereocenters. The Labute approximate surface area is 79.5 Å². The SMILES string of the molecule is C=C/C=C\C(=C/C)OCC(=C)S. The van der Waals surface area contributed by atoms with Crippen LogP contribution in [0.15, 0.2) is 48.1 Å². The standard InChI is InChI=1S/C10H14OS/c1-4-6-7-10(5-2)11-8-9(3)12/h4-7,12H,1,3,8H2,2H3/b7-6-,10-5+. The van der Waals surface area contributed by atoms with Gasteiger partial charge in [0.2, 0.25) is 0 Å². The molecule has 66 valence electrons. The van der Waals surface area contributed by atoms with E-state index in [4.69, 9.17) is 4.74 Å². The molecule has 0 bridgehead atoms. The van der Waals surface area contributed by atoms with E-state index in [0.29, 0.717) is 11.5 Å². The van der Waals surface area contributed by atoms with Crippen molar-refractivity contribution in [3.05, 3.63) is 48.1 Å². The van der Waals surface area contributed by atoms with Crippen molar-refractivity contribution >= 4 is 12.6 Å². The third-order valence-corrected chi connectivity index (χ3v) is 1.22. The fourth-order valence-corrected chi connectivity index (χ4v) is 0.622. The Morgan fingerprint density at radius 3 is 2.67 bits per heavy atom. The first-order chi connectivity index (χ1) is 5.70. The molecular weight excluding hydrogens is 168 g/mol. The summed E-state index contributed by atoms with van der Waals surface area (Å²) in [4.78, 5) is 0.710. The summed E-state index contributed by atoms with van der Waals surface area (Å²) in [5.41, 5.74) is 0. The Morgan fingerprint density at radius 2 is 2.25 bits per heavy atom. The summed E-state index contributed by atoms with van der Waals surface area (Å²) in [6, 6.07) is 0. The van der Waals surface area contributed by atoms with Gasteiger partial charge in [0.15, 0.2) is 0 Å². The normalized spacial score (nSPS) is 11.7. The summed E-state index contributed by atoms with van der Waals surface area (Å²) >= 11 is 4.01. The highest BCUT2D eigenvalue weighted by Crippen LogP contribution is 2.04. The highest BCUT2D eigenvalue weighted by Gasteiger charge is 1.90. The minimum Gasteiger partial charge on any atom is -0.489 e. The van der Waals surface area contributed by atoms with Gasteiger partial charge in [0.1, 0.15) is 12.4 Å². The lowest BCUT2D eigenvalue weighted by Gasteiger charge is -2.04. The van der Waals surface area contributed by atoms with E-state index < -0.39 is 0 Å². The first-order valence-electron chi connectivity index (χ1n) is 3.65. The third-order valence-electron chi connectivity index (χ3n) is 1.09. The van der Waals surface area contributed by atoms with Crippen LogP contribution in [-0.4, -0.2) is 6.61 Å². The molecular formula is C10H14OS. The molecule has 0 radical (unpaired) electrons. The Hall–Kier alpha value is -0.890. The monoisotopic (exact) mass is 182 g/mol. The molecule has 0 unspecified atom stereocenters. The zero-order valence-electron chi connectivity index (χ0n) is 7.29. The predicted molar refractivity (Wildman–Crippen MR) is 57.2 cm³/mol. The van der Waals surface area contributed by atoms with Crippen molar-refractivity contribution in [2.24, 2.45) is 0 Å². The van der Waals surface area contributed by atoms with E-state index in [1.165, 1.54) is 0 Å². The number of ether oxygens (including phenoxy) is 1. The zero-order chi connectivity index (χ0) is 9.40. The molecule has 1 nitrogen and oxygen atoms in total. The maximum Gasteiger partial charge on any atom is 0.118 e. The van der Waals surface area contributed by atoms with Gasteiger partial charge in [0, 0.05) is 4.91 Å². The van der Waals surface area contributed by atoms with Crippen LogP contribution in [-0.2, 0) is 4.74 Å². The molecule has 0 aliphatic rings. The number of allylic oxidation sites excluding steroid dienone is 4. The van der Waals surface area contributed by atoms with E-state index >= 15 is 0 Å². The van der Waals surface area contributed by atoms with E-state index in [9.17, 15) is 0 Å². The van der Waals surface area contributed by atoms with Gasteiger partial charge >= 0.3 is 0 Å². The molecule has 0 fully saturated rings. The fourth-order valence-electron chi connectivity index (χ4n) is 0.557. The van der Waals surface area contributed by atoms with Crippen LogP contribution in [0.5, 0.6) is 0 Å². The van der Waals surface area contributed by atoms with Gasteiger partial charge in [0.25, 0.3) is 0 Å². The van der Waals surface area contributed by atoms with E-state index in [1.807, 2.05) is 25.2 Å². The summed E-state index contributed by atoms with van der Waals surface area (Å²) in [5.74, 6) is 0.796. The van der Waals surface area contributed by atoms with E-state index in [0.717, 1.165) is 5.76 Å². The average molecular weight is 182 g/mol. The number of hydrogen-bond acceptors (Lipinski definition) is 2. The lowest BCUT2D eigenvalue weighted by Crippen LogP contribution is -1.91. The second-order valence-electron chi connectivity index (χ2n) is 2.14. The second kappa shape index (κ2) is 6.80. The van der Waals surface area contributed by atoms with E-state index in [2.05, 4.69) is 25.8 Å². The lowest BCUT2D eigenvalue weighted by atomic mass is 10.4. The van der Waals surface area contributed by atoms with Gasteiger partial charge < -0.3 is 4.74 Å². The van der Waals surface area contributed by atoms with Crippen LogP contribution in [0.25, 0.3) is 0 Å². The summed E-state index contributed by atoms with van der Waals surface area (Å²) in [7, 11) is 0. The maximum atomic E-state index is 5.31. The Kier molecular flexibility index (Phi) is 6.29. The van der Waals surface area contributed by atoms with Gasteiger partial charge in [-0.1, -0.05) is 25.3 Å². The molecule has 0 amide bonds. The summed E-state index contributed by atoms with van der Waals surface area (Å²) in [6.45, 7) is 9.51. The van der Waals surface area contributed by atoms with Crippen molar-refractivity contribution in [1.29, 1.82) is 0 Å². The van der Waals surface area contributed by atoms with Gasteiger partial charge in [-0.3, -0.25) is 0 Å². The number of hydrogen-bond donors (Lipinski definition) is 1. The van der Waals surface area contributed by atoms with Crippen molar-refractivity contribution < 1.29 is 4.74 Å². The molecule has 0 saturated carbocycles. The topological polar surface area (TPSA) is 9.23 Å². The molecule has 0 aromatic heterocycles. The lowest BCUT2D eigenvalue weighted by molar-refractivity contribution is 0.259. The van der Waals surface area contributed by atoms with Crippen LogP contribution < -0.4 is 0 Å². The van der Waals surface area contributed by atoms with Crippen molar-refractivity contribution in [3.8, 4) is 0 Å². The first kappa shape index (κ1) is 11.1. The zero-order valence-corrected chi connectivity index (χ0v) is 8.18. The quantitative estimate of drug-likeness (QED) is 0.390. The summed E-state index contributed by atoms with van der Waals surface area (Å²) in [5, 5.41) is 0. The molecule has 0 rings (SSSR count). The molecule has 2 heteroatoms. The molecule has 0 aliphatic heterocycles. The summed E-state index contributed by atoms with van der Waals surface area (Å²) < 4.78 is 5.31. The minimum atomic E-state index is 0.435. The van der Waals surface area contributed by atoms with Crippen molar-refractivity contribution in [1.82, 2.24) is 0 Å². The Bertz CT molecular complexity index is 214. The van der Waals surface area contributed by atoms with E-state index in [1.54, 1.807) is 6.08 Å². The van der Waals surface area contributed by atoms with Gasteiger partial charge in [-0.25, -0.2) is 0 Å². The van der Waals surface area contributed by atoms with Gasteiger partial charge in [-0.2, -0.15) is 0 Å². The maximum absolute atomic E-state index is 5.31. The van der Waals surface area contributed by atoms with Crippen molar-refractivity contribution in [2.75, 3.05) is 6.61 Å². The average Bonchev–Trinajstić information content (AvgIpc) is 2.05. The molecule has 0 aromatic rings. The van der Waals surface area contributed by atoms with E-state index in [-0.39, 0.29) is 0 Å². The Balaban J connectivity index is 3.93. The van der Waals surface area contributed by atoms with Crippen LogP contribution in [0.1, 0.15) is 6.92 Å². The van der Waals surface area contributed by atoms with Crippen LogP contribution in [0.2, 0.25) is 0 Å². The number of thiol groups is 1. The summed E-state index contributed by atoms with van der Waals surface area (Å²) in [6.07, 6.45) is 7.22. The van der Waals surface area contributed by atoms with Gasteiger partial charge in [-0.05, 0) is 19.1 Å². The minimum absolute atomic E-state index is 0.435. The fraction of sp³-hybridized carbons (Fsp3) is 0.200. The predicted octanol–water partition coefficient (Wildman–Crippen LogP) is 3.09. The van der Waals surface area contributed by atoms with Crippen molar-refractivity contribution in [2.45, 2.75) is 6.92 Å². The molecule has 0 saturated heterocycles. The third kappa shape index (κ3) is 5.86. The van der Waals surface area contributed by atoms with Crippen molar-refractivity contribution in [3.63, 3.8) is 0 Å². The first-order valence-corrected chi connectivity index (χ1v) is 4.10. The van der Waals surface area contributed by atoms with Gasteiger partial charge in [-0.15, -0.1) is 12.6 Å². The highest BCUT2D eigenvalue weighted by atomic mass is 32.1. The largest absolute Gasteiger partial charge is 0.489 e. The van der Waals surface area contributed by atoms with Crippen LogP contribution >= 0.6 is 12.6 Å². The van der Waals surface area contributed by atoms with Gasteiger partial charge in [0.05, 0.1) is 0 Å². The Morgan fingerprint density at radius 1 is 1.58 bits per heavy atom. The molecule has 0 spiro atoms. The highest BCUT2D eigenvalue weighted by molar-refractivity contribution is 7.84. The smallest absolute Gasteiger partial charge is 0.118 e. The molecule has 0 aliphatic carbocycles. The van der Waals surface area contributed by atoms with Crippen LogP contribution in [0.4, 0.5) is 0 Å². The number of rotatable bonds is 5. The molecule has 0 N–H and O–H groups in total. The molecule has 12 heavy (non-hydrogen) atoms. The second-order valence-corrected chi connectivity index (χ2v) is 2.77.